The van der Waals surface area contributed by atoms with Crippen molar-refractivity contribution in [3.8, 4) is 0 Å². The molecular weight excluding hydrogens is 195 g/mol. The van der Waals surface area contributed by atoms with Gasteiger partial charge in [0.25, 0.3) is 0 Å². The van der Waals surface area contributed by atoms with Crippen LogP contribution in [0.5, 0.6) is 0 Å². The third-order valence-electron chi connectivity index (χ3n) is 2.79. The quantitative estimate of drug-likeness (QED) is 0.735. The number of nitrogens with one attached hydrogen (secondary N) is 1. The summed E-state index contributed by atoms with van der Waals surface area (Å²) in [4.78, 5) is 11.4. The van der Waals surface area contributed by atoms with Gasteiger partial charge in [-0.25, -0.2) is 4.39 Å². The molecule has 0 saturated heterocycles. The Kier molecular flexibility index (Phi) is 2.44. The highest BCUT2D eigenvalue weighted by atomic mass is 19.1. The van der Waals surface area contributed by atoms with E-state index in [0.717, 1.165) is 5.56 Å². The Bertz CT molecular complexity index is 417. The first-order valence-corrected chi connectivity index (χ1v) is 4.92. The molecule has 80 valence electrons. The second kappa shape index (κ2) is 3.62. The molecule has 3 nitrogen and oxygen atoms in total. The predicted octanol–water partition coefficient (Wildman–Crippen LogP) is 1.52. The van der Waals surface area contributed by atoms with E-state index in [9.17, 15) is 9.18 Å². The number of anilines is 1. The standard InChI is InChI=1S/C11H13FN2O/c1-6-2-3-8(12)10-7(5-13)4-9(15)14-11(6)10/h2-3,7H,4-5,13H2,1H3,(H,14,15). The zero-order valence-corrected chi connectivity index (χ0v) is 8.51. The molecule has 0 aliphatic carbocycles. The first-order chi connectivity index (χ1) is 7.13. The summed E-state index contributed by atoms with van der Waals surface area (Å²) in [5, 5.41) is 2.70. The van der Waals surface area contributed by atoms with Crippen molar-refractivity contribution in [3.63, 3.8) is 0 Å². The molecule has 15 heavy (non-hydrogen) atoms. The number of hydrogen-bond acceptors (Lipinski definition) is 2. The van der Waals surface area contributed by atoms with E-state index in [0.29, 0.717) is 17.8 Å². The Morgan fingerprint density at radius 1 is 1.60 bits per heavy atom. The monoisotopic (exact) mass is 208 g/mol. The average Bonchev–Trinajstić information content (AvgIpc) is 2.22. The molecule has 4 heteroatoms. The van der Waals surface area contributed by atoms with Crippen molar-refractivity contribution in [3.05, 3.63) is 29.1 Å². The molecule has 0 fully saturated rings. The van der Waals surface area contributed by atoms with Crippen molar-refractivity contribution < 1.29 is 9.18 Å². The van der Waals surface area contributed by atoms with Crippen LogP contribution in [0.25, 0.3) is 0 Å². The summed E-state index contributed by atoms with van der Waals surface area (Å²) < 4.78 is 13.6. The number of rotatable bonds is 1. The second-order valence-electron chi connectivity index (χ2n) is 3.84. The van der Waals surface area contributed by atoms with Gasteiger partial charge in [-0.15, -0.1) is 0 Å². The summed E-state index contributed by atoms with van der Waals surface area (Å²) in [6.45, 7) is 2.14. The molecule has 2 rings (SSSR count). The Morgan fingerprint density at radius 2 is 2.33 bits per heavy atom. The van der Waals surface area contributed by atoms with E-state index in [2.05, 4.69) is 5.32 Å². The average molecular weight is 208 g/mol. The van der Waals surface area contributed by atoms with Crippen LogP contribution in [0, 0.1) is 12.7 Å². The number of nitrogens with two attached hydrogens (primary N) is 1. The van der Waals surface area contributed by atoms with Crippen LogP contribution < -0.4 is 11.1 Å². The van der Waals surface area contributed by atoms with E-state index in [1.54, 1.807) is 6.07 Å². The third kappa shape index (κ3) is 1.61. The van der Waals surface area contributed by atoms with Gasteiger partial charge in [-0.3, -0.25) is 4.79 Å². The van der Waals surface area contributed by atoms with Gasteiger partial charge < -0.3 is 11.1 Å². The number of aryl methyl sites for hydroxylation is 1. The summed E-state index contributed by atoms with van der Waals surface area (Å²) in [5.41, 5.74) is 7.58. The van der Waals surface area contributed by atoms with Crippen LogP contribution in [0.15, 0.2) is 12.1 Å². The number of fused-ring (bicyclic) bond motifs is 1. The van der Waals surface area contributed by atoms with Gasteiger partial charge >= 0.3 is 0 Å². The van der Waals surface area contributed by atoms with Gasteiger partial charge in [-0.1, -0.05) is 6.07 Å². The molecule has 0 saturated carbocycles. The summed E-state index contributed by atoms with van der Waals surface area (Å²) in [6.07, 6.45) is 0.268. The van der Waals surface area contributed by atoms with Crippen LogP contribution in [0.1, 0.15) is 23.5 Å². The van der Waals surface area contributed by atoms with Crippen LogP contribution in [-0.2, 0) is 4.79 Å². The minimum atomic E-state index is -0.286. The molecular formula is C11H13FN2O. The highest BCUT2D eigenvalue weighted by molar-refractivity contribution is 5.95. The fourth-order valence-corrected chi connectivity index (χ4v) is 1.99. The van der Waals surface area contributed by atoms with Gasteiger partial charge in [0.2, 0.25) is 5.91 Å². The predicted molar refractivity (Wildman–Crippen MR) is 56.2 cm³/mol. The summed E-state index contributed by atoms with van der Waals surface area (Å²) in [7, 11) is 0. The number of benzene rings is 1. The fraction of sp³-hybridized carbons (Fsp3) is 0.364. The van der Waals surface area contributed by atoms with Crippen molar-refractivity contribution in [2.75, 3.05) is 11.9 Å². The second-order valence-corrected chi connectivity index (χ2v) is 3.84. The maximum absolute atomic E-state index is 13.6. The normalized spacial score (nSPS) is 19.7. The molecule has 0 bridgehead atoms. The van der Waals surface area contributed by atoms with Crippen LogP contribution in [-0.4, -0.2) is 12.5 Å². The van der Waals surface area contributed by atoms with E-state index in [1.807, 2.05) is 6.92 Å². The maximum atomic E-state index is 13.6. The van der Waals surface area contributed by atoms with Gasteiger partial charge in [-0.2, -0.15) is 0 Å². The van der Waals surface area contributed by atoms with Crippen molar-refractivity contribution in [1.82, 2.24) is 0 Å². The Balaban J connectivity index is 2.59. The molecule has 1 atom stereocenters. The number of carbonyl (C=O) groups is 1. The van der Waals surface area contributed by atoms with Crippen molar-refractivity contribution >= 4 is 11.6 Å². The molecule has 1 amide bonds. The molecule has 0 aromatic heterocycles. The van der Waals surface area contributed by atoms with Crippen molar-refractivity contribution in [1.29, 1.82) is 0 Å². The lowest BCUT2D eigenvalue weighted by atomic mass is 9.88. The summed E-state index contributed by atoms with van der Waals surface area (Å²) in [6, 6.07) is 3.08. The van der Waals surface area contributed by atoms with Crippen LogP contribution in [0.4, 0.5) is 10.1 Å². The van der Waals surface area contributed by atoms with Gasteiger partial charge in [0.15, 0.2) is 0 Å². The first kappa shape index (κ1) is 10.1. The van der Waals surface area contributed by atoms with Crippen LogP contribution in [0.2, 0.25) is 0 Å². The molecule has 0 spiro atoms. The van der Waals surface area contributed by atoms with E-state index >= 15 is 0 Å². The lowest BCUT2D eigenvalue weighted by Crippen LogP contribution is -2.28. The highest BCUT2D eigenvalue weighted by Gasteiger charge is 2.27. The van der Waals surface area contributed by atoms with Crippen LogP contribution in [0.3, 0.4) is 0 Å². The molecule has 1 unspecified atom stereocenters. The van der Waals surface area contributed by atoms with Crippen molar-refractivity contribution in [2.45, 2.75) is 19.3 Å². The van der Waals surface area contributed by atoms with Crippen molar-refractivity contribution in [2.24, 2.45) is 5.73 Å². The lowest BCUT2D eigenvalue weighted by molar-refractivity contribution is -0.116. The highest BCUT2D eigenvalue weighted by Crippen LogP contribution is 2.35. The van der Waals surface area contributed by atoms with Gasteiger partial charge in [0, 0.05) is 17.9 Å². The molecule has 1 aliphatic heterocycles. The molecule has 1 heterocycles. The lowest BCUT2D eigenvalue weighted by Gasteiger charge is -2.26. The Labute approximate surface area is 87.5 Å². The van der Waals surface area contributed by atoms with Gasteiger partial charge in [-0.05, 0) is 25.1 Å². The number of carbonyl (C=O) groups excluding carboxylic acids is 1. The third-order valence-corrected chi connectivity index (χ3v) is 2.79. The Morgan fingerprint density at radius 3 is 3.00 bits per heavy atom. The summed E-state index contributed by atoms with van der Waals surface area (Å²) in [5.74, 6) is -0.577. The van der Waals surface area contributed by atoms with E-state index in [4.69, 9.17) is 5.73 Å². The smallest absolute Gasteiger partial charge is 0.225 e. The van der Waals surface area contributed by atoms with Gasteiger partial charge in [0.1, 0.15) is 5.82 Å². The molecule has 1 aromatic carbocycles. The molecule has 1 aliphatic rings. The Hall–Kier alpha value is -1.42. The van der Waals surface area contributed by atoms with Gasteiger partial charge in [0.05, 0.1) is 5.69 Å². The number of amides is 1. The topological polar surface area (TPSA) is 55.1 Å². The minimum Gasteiger partial charge on any atom is -0.330 e. The van der Waals surface area contributed by atoms with E-state index in [-0.39, 0.29) is 24.1 Å². The fourth-order valence-electron chi connectivity index (χ4n) is 1.99. The van der Waals surface area contributed by atoms with E-state index in [1.165, 1.54) is 6.07 Å². The molecule has 0 radical (unpaired) electrons. The first-order valence-electron chi connectivity index (χ1n) is 4.92. The SMILES string of the molecule is Cc1ccc(F)c2c1NC(=O)CC2CN. The zero-order valence-electron chi connectivity index (χ0n) is 8.51. The zero-order chi connectivity index (χ0) is 11.0. The maximum Gasteiger partial charge on any atom is 0.225 e. The van der Waals surface area contributed by atoms with E-state index < -0.39 is 0 Å². The molecule has 3 N–H and O–H groups in total. The number of halogens is 1. The largest absolute Gasteiger partial charge is 0.330 e. The molecule has 1 aromatic rings. The van der Waals surface area contributed by atoms with Crippen LogP contribution >= 0.6 is 0 Å². The number of hydrogen-bond donors (Lipinski definition) is 2. The summed E-state index contributed by atoms with van der Waals surface area (Å²) >= 11 is 0. The minimum absolute atomic E-state index is 0.0911.